The molecule has 1 N–H and O–H groups in total. The third-order valence-electron chi connectivity index (χ3n) is 5.67. The second kappa shape index (κ2) is 5.43. The van der Waals surface area contributed by atoms with E-state index in [1.807, 2.05) is 0 Å². The lowest BCUT2D eigenvalue weighted by atomic mass is 9.83. The third kappa shape index (κ3) is 2.42. The zero-order valence-electron chi connectivity index (χ0n) is 12.3. The molecule has 0 unspecified atom stereocenters. The Morgan fingerprint density at radius 1 is 1.21 bits per heavy atom. The molecule has 1 amide bonds. The van der Waals surface area contributed by atoms with Gasteiger partial charge in [0.2, 0.25) is 5.91 Å². The van der Waals surface area contributed by atoms with E-state index in [0.29, 0.717) is 11.9 Å². The summed E-state index contributed by atoms with van der Waals surface area (Å²) in [5.41, 5.74) is -0.153. The lowest BCUT2D eigenvalue weighted by Crippen LogP contribution is -2.46. The first-order chi connectivity index (χ1) is 9.25. The summed E-state index contributed by atoms with van der Waals surface area (Å²) in [6, 6.07) is 0.521. The summed E-state index contributed by atoms with van der Waals surface area (Å²) in [6.45, 7) is 3.09. The van der Waals surface area contributed by atoms with Crippen LogP contribution in [0, 0.1) is 5.92 Å². The van der Waals surface area contributed by atoms with Gasteiger partial charge < -0.3 is 4.90 Å². The van der Waals surface area contributed by atoms with Crippen molar-refractivity contribution in [3.8, 4) is 0 Å². The van der Waals surface area contributed by atoms with Gasteiger partial charge in [0.25, 0.3) is 0 Å². The Bertz CT molecular complexity index is 328. The van der Waals surface area contributed by atoms with Gasteiger partial charge in [0.1, 0.15) is 0 Å². The minimum atomic E-state index is -0.153. The van der Waals surface area contributed by atoms with Crippen LogP contribution in [0.2, 0.25) is 0 Å². The number of hydrogen-bond donors (Lipinski definition) is 1. The average molecular weight is 264 g/mol. The van der Waals surface area contributed by atoms with Gasteiger partial charge in [0, 0.05) is 6.04 Å². The van der Waals surface area contributed by atoms with E-state index in [2.05, 4.69) is 17.1 Å². The number of hydrogen-bond acceptors (Lipinski definition) is 2. The number of carbonyl (C=O) groups excluding carboxylic acids is 1. The minimum Gasteiger partial charge on any atom is -0.325 e. The second-order valence-electron chi connectivity index (χ2n) is 6.86. The number of nitrogens with zero attached hydrogens (tertiary/aromatic N) is 1. The van der Waals surface area contributed by atoms with Crippen LogP contribution in [0.3, 0.4) is 0 Å². The van der Waals surface area contributed by atoms with E-state index in [-0.39, 0.29) is 5.54 Å². The molecule has 1 spiro atoms. The van der Waals surface area contributed by atoms with Crippen molar-refractivity contribution in [3.05, 3.63) is 0 Å². The van der Waals surface area contributed by atoms with E-state index < -0.39 is 0 Å². The van der Waals surface area contributed by atoms with E-state index >= 15 is 0 Å². The highest BCUT2D eigenvalue weighted by Crippen LogP contribution is 2.38. The summed E-state index contributed by atoms with van der Waals surface area (Å²) in [4.78, 5) is 14.9. The van der Waals surface area contributed by atoms with Crippen LogP contribution in [-0.4, -0.2) is 29.1 Å². The molecule has 3 aliphatic rings. The van der Waals surface area contributed by atoms with Gasteiger partial charge >= 0.3 is 0 Å². The van der Waals surface area contributed by atoms with Crippen molar-refractivity contribution < 1.29 is 4.79 Å². The number of rotatable bonds is 3. The molecule has 3 nitrogen and oxygen atoms in total. The van der Waals surface area contributed by atoms with Crippen LogP contribution in [0.5, 0.6) is 0 Å². The largest absolute Gasteiger partial charge is 0.325 e. The van der Waals surface area contributed by atoms with Crippen LogP contribution in [0.1, 0.15) is 71.1 Å². The van der Waals surface area contributed by atoms with Gasteiger partial charge in [-0.25, -0.2) is 0 Å². The summed E-state index contributed by atoms with van der Waals surface area (Å²) < 4.78 is 0. The molecule has 0 bridgehead atoms. The first-order valence-corrected chi connectivity index (χ1v) is 8.31. The van der Waals surface area contributed by atoms with Crippen molar-refractivity contribution in [2.75, 3.05) is 6.67 Å². The van der Waals surface area contributed by atoms with Gasteiger partial charge in [-0.3, -0.25) is 10.1 Å². The fraction of sp³-hybridized carbons (Fsp3) is 0.938. The molecule has 0 aromatic carbocycles. The summed E-state index contributed by atoms with van der Waals surface area (Å²) in [5.74, 6) is 1.34. The summed E-state index contributed by atoms with van der Waals surface area (Å²) in [5, 5.41) is 3.54. The molecule has 1 aliphatic heterocycles. The average Bonchev–Trinajstić information content (AvgIpc) is 3.02. The molecule has 3 fully saturated rings. The molecular formula is C16H28N2O. The SMILES string of the molecule is CCCC1CCC(N2CNC3(CCCC3)C2=O)CC1. The Hall–Kier alpha value is -0.570. The molecule has 3 rings (SSSR count). The molecule has 108 valence electrons. The topological polar surface area (TPSA) is 32.3 Å². The van der Waals surface area contributed by atoms with Gasteiger partial charge in [0.05, 0.1) is 12.2 Å². The van der Waals surface area contributed by atoms with E-state index in [4.69, 9.17) is 0 Å². The molecule has 1 saturated heterocycles. The number of nitrogens with one attached hydrogen (secondary N) is 1. The predicted octanol–water partition coefficient (Wildman–Crippen LogP) is 3.05. The van der Waals surface area contributed by atoms with Gasteiger partial charge in [-0.1, -0.05) is 32.6 Å². The third-order valence-corrected chi connectivity index (χ3v) is 5.67. The zero-order chi connectivity index (χ0) is 13.3. The van der Waals surface area contributed by atoms with Crippen LogP contribution < -0.4 is 5.32 Å². The Labute approximate surface area is 117 Å². The van der Waals surface area contributed by atoms with Crippen molar-refractivity contribution in [1.29, 1.82) is 0 Å². The highest BCUT2D eigenvalue weighted by Gasteiger charge is 2.49. The standard InChI is InChI=1S/C16H28N2O/c1-2-5-13-6-8-14(9-7-13)18-12-17-16(15(18)19)10-3-4-11-16/h13-14,17H,2-12H2,1H3. The predicted molar refractivity (Wildman–Crippen MR) is 76.7 cm³/mol. The van der Waals surface area contributed by atoms with Crippen molar-refractivity contribution in [2.45, 2.75) is 82.7 Å². The molecule has 2 aliphatic carbocycles. The Kier molecular flexibility index (Phi) is 3.84. The molecule has 0 aromatic rings. The molecule has 1 heterocycles. The molecule has 3 heteroatoms. The quantitative estimate of drug-likeness (QED) is 0.849. The maximum Gasteiger partial charge on any atom is 0.244 e. The normalized spacial score (nSPS) is 34.4. The molecule has 0 atom stereocenters. The van der Waals surface area contributed by atoms with E-state index in [0.717, 1.165) is 25.4 Å². The van der Waals surface area contributed by atoms with Crippen LogP contribution in [0.15, 0.2) is 0 Å². The van der Waals surface area contributed by atoms with E-state index in [1.54, 1.807) is 0 Å². The van der Waals surface area contributed by atoms with Crippen molar-refractivity contribution in [1.82, 2.24) is 10.2 Å². The monoisotopic (exact) mass is 264 g/mol. The fourth-order valence-corrected chi connectivity index (χ4v) is 4.48. The number of carbonyl (C=O) groups is 1. The number of amides is 1. The first kappa shape index (κ1) is 13.4. The van der Waals surface area contributed by atoms with E-state index in [1.165, 1.54) is 51.4 Å². The molecule has 0 radical (unpaired) electrons. The highest BCUT2D eigenvalue weighted by atomic mass is 16.2. The Morgan fingerprint density at radius 2 is 1.89 bits per heavy atom. The van der Waals surface area contributed by atoms with Crippen molar-refractivity contribution >= 4 is 5.91 Å². The molecular weight excluding hydrogens is 236 g/mol. The Morgan fingerprint density at radius 3 is 2.53 bits per heavy atom. The van der Waals surface area contributed by atoms with Crippen molar-refractivity contribution in [3.63, 3.8) is 0 Å². The van der Waals surface area contributed by atoms with E-state index in [9.17, 15) is 4.79 Å². The lowest BCUT2D eigenvalue weighted by molar-refractivity contribution is -0.134. The smallest absolute Gasteiger partial charge is 0.244 e. The summed E-state index contributed by atoms with van der Waals surface area (Å²) in [7, 11) is 0. The molecule has 2 saturated carbocycles. The van der Waals surface area contributed by atoms with Gasteiger partial charge in [-0.2, -0.15) is 0 Å². The minimum absolute atomic E-state index is 0.153. The first-order valence-electron chi connectivity index (χ1n) is 8.31. The van der Waals surface area contributed by atoms with Gasteiger partial charge in [-0.15, -0.1) is 0 Å². The molecule has 0 aromatic heterocycles. The van der Waals surface area contributed by atoms with Crippen molar-refractivity contribution in [2.24, 2.45) is 5.92 Å². The Balaban J connectivity index is 1.58. The summed E-state index contributed by atoms with van der Waals surface area (Å²) >= 11 is 0. The second-order valence-corrected chi connectivity index (χ2v) is 6.86. The van der Waals surface area contributed by atoms with Crippen LogP contribution in [0.25, 0.3) is 0 Å². The van der Waals surface area contributed by atoms with Crippen LogP contribution in [-0.2, 0) is 4.79 Å². The van der Waals surface area contributed by atoms with Crippen LogP contribution in [0.4, 0.5) is 0 Å². The fourth-order valence-electron chi connectivity index (χ4n) is 4.48. The maximum absolute atomic E-state index is 12.7. The van der Waals surface area contributed by atoms with Gasteiger partial charge in [0.15, 0.2) is 0 Å². The lowest BCUT2D eigenvalue weighted by Gasteiger charge is -2.35. The maximum atomic E-state index is 12.7. The van der Waals surface area contributed by atoms with Crippen LogP contribution >= 0.6 is 0 Å². The highest BCUT2D eigenvalue weighted by molar-refractivity contribution is 5.89. The van der Waals surface area contributed by atoms with Gasteiger partial charge in [-0.05, 0) is 44.4 Å². The molecule has 19 heavy (non-hydrogen) atoms. The summed E-state index contributed by atoms with van der Waals surface area (Å²) in [6.07, 6.45) is 12.4. The zero-order valence-corrected chi connectivity index (χ0v) is 12.3.